The van der Waals surface area contributed by atoms with Crippen molar-refractivity contribution in [3.05, 3.63) is 23.8 Å². The average molecular weight is 222 g/mol. The van der Waals surface area contributed by atoms with Crippen molar-refractivity contribution in [1.82, 2.24) is 0 Å². The van der Waals surface area contributed by atoms with E-state index in [1.165, 1.54) is 18.2 Å². The minimum atomic E-state index is -0.227. The molecule has 1 aromatic carbocycles. The number of rotatable bonds is 3. The monoisotopic (exact) mass is 222 g/mol. The lowest BCUT2D eigenvalue weighted by atomic mass is 10.1. The number of hydrogen-bond acceptors (Lipinski definition) is 4. The third-order valence-corrected chi connectivity index (χ3v) is 2.79. The van der Waals surface area contributed by atoms with Gasteiger partial charge in [-0.3, -0.25) is 4.79 Å². The molecule has 0 aliphatic heterocycles. The van der Waals surface area contributed by atoms with Crippen molar-refractivity contribution < 1.29 is 19.7 Å². The van der Waals surface area contributed by atoms with Gasteiger partial charge in [-0.05, 0) is 31.5 Å². The van der Waals surface area contributed by atoms with E-state index in [-0.39, 0.29) is 29.3 Å². The SMILES string of the molecule is CCOC(=O)[C@H]1C[C@@H]1c1cc(O)ccc1O. The highest BCUT2D eigenvalue weighted by Crippen LogP contribution is 2.51. The van der Waals surface area contributed by atoms with Crippen molar-refractivity contribution in [2.45, 2.75) is 19.3 Å². The Morgan fingerprint density at radius 1 is 1.50 bits per heavy atom. The highest BCUT2D eigenvalue weighted by Gasteiger charge is 2.46. The first-order valence-corrected chi connectivity index (χ1v) is 5.32. The molecule has 2 rings (SSSR count). The van der Waals surface area contributed by atoms with Crippen LogP contribution >= 0.6 is 0 Å². The van der Waals surface area contributed by atoms with Gasteiger partial charge < -0.3 is 14.9 Å². The molecule has 86 valence electrons. The molecule has 1 saturated carbocycles. The molecule has 0 heterocycles. The predicted molar refractivity (Wildman–Crippen MR) is 57.3 cm³/mol. The Morgan fingerprint density at radius 3 is 2.94 bits per heavy atom. The molecule has 0 unspecified atom stereocenters. The first kappa shape index (κ1) is 10.8. The molecule has 2 N–H and O–H groups in total. The van der Waals surface area contributed by atoms with E-state index in [1.54, 1.807) is 6.92 Å². The molecular formula is C12H14O4. The number of carbonyl (C=O) groups excluding carboxylic acids is 1. The Hall–Kier alpha value is -1.71. The van der Waals surface area contributed by atoms with Crippen LogP contribution in [0.25, 0.3) is 0 Å². The molecule has 4 heteroatoms. The van der Waals surface area contributed by atoms with Crippen molar-refractivity contribution in [3.8, 4) is 11.5 Å². The summed E-state index contributed by atoms with van der Waals surface area (Å²) >= 11 is 0. The zero-order valence-electron chi connectivity index (χ0n) is 9.01. The van der Waals surface area contributed by atoms with Crippen LogP contribution in [0.15, 0.2) is 18.2 Å². The minimum absolute atomic E-state index is 0.0221. The van der Waals surface area contributed by atoms with E-state index in [2.05, 4.69) is 0 Å². The molecule has 2 atom stereocenters. The second-order valence-electron chi connectivity index (χ2n) is 3.94. The summed E-state index contributed by atoms with van der Waals surface area (Å²) < 4.78 is 4.90. The van der Waals surface area contributed by atoms with Gasteiger partial charge in [0.05, 0.1) is 12.5 Å². The van der Waals surface area contributed by atoms with Crippen LogP contribution in [0, 0.1) is 5.92 Å². The Morgan fingerprint density at radius 2 is 2.25 bits per heavy atom. The molecule has 0 aromatic heterocycles. The maximum atomic E-state index is 11.4. The van der Waals surface area contributed by atoms with Crippen molar-refractivity contribution in [1.29, 1.82) is 0 Å². The maximum Gasteiger partial charge on any atom is 0.309 e. The fraction of sp³-hybridized carbons (Fsp3) is 0.417. The molecule has 0 bridgehead atoms. The van der Waals surface area contributed by atoms with Gasteiger partial charge in [0, 0.05) is 11.5 Å². The summed E-state index contributed by atoms with van der Waals surface area (Å²) in [6, 6.07) is 4.35. The summed E-state index contributed by atoms with van der Waals surface area (Å²) in [5.74, 6) is -0.203. The highest BCUT2D eigenvalue weighted by molar-refractivity contribution is 5.77. The number of phenolic OH excluding ortho intramolecular Hbond substituents is 2. The van der Waals surface area contributed by atoms with E-state index in [9.17, 15) is 15.0 Å². The third-order valence-electron chi connectivity index (χ3n) is 2.79. The lowest BCUT2D eigenvalue weighted by molar-refractivity contribution is -0.144. The first-order chi connectivity index (χ1) is 7.63. The smallest absolute Gasteiger partial charge is 0.309 e. The molecule has 4 nitrogen and oxygen atoms in total. The topological polar surface area (TPSA) is 66.8 Å². The van der Waals surface area contributed by atoms with Crippen LogP contribution in [0.4, 0.5) is 0 Å². The summed E-state index contributed by atoms with van der Waals surface area (Å²) in [6.07, 6.45) is 0.676. The van der Waals surface area contributed by atoms with Crippen LogP contribution < -0.4 is 0 Å². The fourth-order valence-electron chi connectivity index (χ4n) is 1.89. The van der Waals surface area contributed by atoms with Gasteiger partial charge in [0.15, 0.2) is 0 Å². The van der Waals surface area contributed by atoms with Crippen molar-refractivity contribution >= 4 is 5.97 Å². The minimum Gasteiger partial charge on any atom is -0.508 e. The summed E-state index contributed by atoms with van der Waals surface area (Å²) in [5, 5.41) is 18.9. The van der Waals surface area contributed by atoms with Crippen molar-refractivity contribution in [2.24, 2.45) is 5.92 Å². The molecular weight excluding hydrogens is 208 g/mol. The normalized spacial score (nSPS) is 22.8. The van der Waals surface area contributed by atoms with Gasteiger partial charge in [-0.1, -0.05) is 0 Å². The van der Waals surface area contributed by atoms with Crippen LogP contribution in [0.5, 0.6) is 11.5 Å². The molecule has 16 heavy (non-hydrogen) atoms. The van der Waals surface area contributed by atoms with Crippen molar-refractivity contribution in [3.63, 3.8) is 0 Å². The second kappa shape index (κ2) is 4.04. The van der Waals surface area contributed by atoms with Crippen molar-refractivity contribution in [2.75, 3.05) is 6.61 Å². The molecule has 1 fully saturated rings. The average Bonchev–Trinajstić information content (AvgIpc) is 3.02. The van der Waals surface area contributed by atoms with E-state index >= 15 is 0 Å². The quantitative estimate of drug-likeness (QED) is 0.604. The number of phenols is 2. The summed E-state index contributed by atoms with van der Waals surface area (Å²) in [4.78, 5) is 11.4. The molecule has 1 aliphatic rings. The number of hydrogen-bond donors (Lipinski definition) is 2. The predicted octanol–water partition coefficient (Wildman–Crippen LogP) is 1.76. The van der Waals surface area contributed by atoms with Crippen LogP contribution in [0.1, 0.15) is 24.8 Å². The highest BCUT2D eigenvalue weighted by atomic mass is 16.5. The number of esters is 1. The van der Waals surface area contributed by atoms with Crippen LogP contribution in [-0.4, -0.2) is 22.8 Å². The Kier molecular flexibility index (Phi) is 2.73. The van der Waals surface area contributed by atoms with E-state index in [0.717, 1.165) is 0 Å². The largest absolute Gasteiger partial charge is 0.508 e. The first-order valence-electron chi connectivity index (χ1n) is 5.32. The van der Waals surface area contributed by atoms with E-state index in [0.29, 0.717) is 18.6 Å². The molecule has 0 radical (unpaired) electrons. The van der Waals surface area contributed by atoms with Gasteiger partial charge in [-0.15, -0.1) is 0 Å². The molecule has 1 aromatic rings. The number of aromatic hydroxyl groups is 2. The summed E-state index contributed by atoms with van der Waals surface area (Å²) in [6.45, 7) is 2.13. The summed E-state index contributed by atoms with van der Waals surface area (Å²) in [5.41, 5.74) is 0.623. The molecule has 1 aliphatic carbocycles. The van der Waals surface area contributed by atoms with Gasteiger partial charge in [0.1, 0.15) is 11.5 Å². The van der Waals surface area contributed by atoms with Gasteiger partial charge in [0.25, 0.3) is 0 Å². The Labute approximate surface area is 93.5 Å². The number of ether oxygens (including phenoxy) is 1. The number of benzene rings is 1. The molecule has 0 saturated heterocycles. The zero-order chi connectivity index (χ0) is 11.7. The standard InChI is InChI=1S/C12H14O4/c1-2-16-12(15)10-6-8(10)9-5-7(13)3-4-11(9)14/h3-5,8,10,13-14H,2,6H2,1H3/t8-,10+/m1/s1. The number of carbonyl (C=O) groups is 1. The second-order valence-corrected chi connectivity index (χ2v) is 3.94. The van der Waals surface area contributed by atoms with Crippen LogP contribution in [-0.2, 0) is 9.53 Å². The lowest BCUT2D eigenvalue weighted by Crippen LogP contribution is -2.07. The van der Waals surface area contributed by atoms with Gasteiger partial charge >= 0.3 is 5.97 Å². The van der Waals surface area contributed by atoms with E-state index < -0.39 is 0 Å². The molecule has 0 amide bonds. The van der Waals surface area contributed by atoms with Gasteiger partial charge in [-0.2, -0.15) is 0 Å². The van der Waals surface area contributed by atoms with Crippen LogP contribution in [0.3, 0.4) is 0 Å². The maximum absolute atomic E-state index is 11.4. The zero-order valence-corrected chi connectivity index (χ0v) is 9.01. The fourth-order valence-corrected chi connectivity index (χ4v) is 1.89. The van der Waals surface area contributed by atoms with Crippen LogP contribution in [0.2, 0.25) is 0 Å². The van der Waals surface area contributed by atoms with Gasteiger partial charge in [0.2, 0.25) is 0 Å². The summed E-state index contributed by atoms with van der Waals surface area (Å²) in [7, 11) is 0. The van der Waals surface area contributed by atoms with Gasteiger partial charge in [-0.25, -0.2) is 0 Å². The third kappa shape index (κ3) is 1.96. The van der Waals surface area contributed by atoms with E-state index in [1.807, 2.05) is 0 Å². The Balaban J connectivity index is 2.11. The molecule has 0 spiro atoms. The van der Waals surface area contributed by atoms with E-state index in [4.69, 9.17) is 4.74 Å². The lowest BCUT2D eigenvalue weighted by Gasteiger charge is -2.04. The Bertz CT molecular complexity index is 413.